The molecule has 0 heterocycles. The summed E-state index contributed by atoms with van der Waals surface area (Å²) in [6.07, 6.45) is 0. The maximum atomic E-state index is 0. The fraction of sp³-hybridized carbons (Fsp3) is 0. The Morgan fingerprint density at radius 3 is 0.333 bits per heavy atom. The Hall–Kier alpha value is 2.65. The van der Waals surface area contributed by atoms with Crippen LogP contribution in [0, 0.1) is 0 Å². The molecule has 0 aromatic rings. The molecule has 0 aliphatic carbocycles. The van der Waals surface area contributed by atoms with E-state index in [4.69, 9.17) is 0 Å². The van der Waals surface area contributed by atoms with Crippen molar-refractivity contribution in [3.8, 4) is 0 Å². The Labute approximate surface area is 96.7 Å². The predicted molar refractivity (Wildman–Crippen MR) is 36.5 cm³/mol. The van der Waals surface area contributed by atoms with Crippen LogP contribution in [0.3, 0.4) is 0 Å². The number of hydrogen-bond donors (Lipinski definition) is 0. The van der Waals surface area contributed by atoms with Crippen LogP contribution in [-0.4, -0.2) is 98.3 Å². The van der Waals surface area contributed by atoms with Crippen LogP contribution >= 0.6 is 0 Å². The molecular weight excluding hydrogens is 670 g/mol. The van der Waals surface area contributed by atoms with Gasteiger partial charge >= 0.3 is 81.9 Å². The van der Waals surface area contributed by atoms with Gasteiger partial charge in [-0.15, -0.1) is 0 Å². The predicted octanol–water partition coefficient (Wildman–Crippen LogP) is -5.22. The molecule has 0 unspecified atom stereocenters. The first-order valence-electron chi connectivity index (χ1n) is 0. The van der Waals surface area contributed by atoms with Crippen molar-refractivity contribution in [1.29, 1.82) is 0 Å². The zero-order valence-electron chi connectivity index (χ0n) is 3.62. The van der Waals surface area contributed by atoms with E-state index in [1.807, 2.05) is 0 Å². The van der Waals surface area contributed by atoms with Crippen LogP contribution in [0.25, 0.3) is 0 Å². The minimum atomic E-state index is 0. The second-order valence-electron chi connectivity index (χ2n) is 0. The summed E-state index contributed by atoms with van der Waals surface area (Å²) in [6.45, 7) is 0. The molecule has 6 N–H and O–H groups in total. The summed E-state index contributed by atoms with van der Waals surface area (Å²) >= 11 is 0. The van der Waals surface area contributed by atoms with Crippen molar-refractivity contribution in [3.05, 3.63) is 0 Å². The van der Waals surface area contributed by atoms with E-state index in [0.717, 1.165) is 0 Å². The van der Waals surface area contributed by atoms with Crippen LogP contribution in [0.1, 0.15) is 0 Å². The summed E-state index contributed by atoms with van der Waals surface area (Å²) < 4.78 is 0. The molecule has 0 aromatic carbocycles. The Morgan fingerprint density at radius 1 is 0.333 bits per heavy atom. The van der Waals surface area contributed by atoms with Crippen molar-refractivity contribution in [2.75, 3.05) is 0 Å². The molecule has 6 radical (unpaired) electrons. The standard InChI is InChI=1S/3H2O.3Pb.6H/h3*1H2;;;;;;;;;. The monoisotopic (exact) mass is 684 g/mol. The summed E-state index contributed by atoms with van der Waals surface area (Å²) in [5.41, 5.74) is 0. The molecule has 0 rings (SSSR count). The second-order valence-corrected chi connectivity index (χ2v) is 0. The van der Waals surface area contributed by atoms with Crippen molar-refractivity contribution < 1.29 is 16.4 Å². The van der Waals surface area contributed by atoms with E-state index in [1.165, 1.54) is 0 Å². The molecule has 0 spiro atoms. The first kappa shape index (κ1) is 72.2. The van der Waals surface area contributed by atoms with Crippen LogP contribution in [0.15, 0.2) is 0 Å². The Balaban J connectivity index is 0. The van der Waals surface area contributed by atoms with Gasteiger partial charge in [0.25, 0.3) is 0 Å². The molecule has 0 saturated heterocycles. The van der Waals surface area contributed by atoms with E-state index in [0.29, 0.717) is 0 Å². The van der Waals surface area contributed by atoms with Gasteiger partial charge in [-0.3, -0.25) is 0 Å². The van der Waals surface area contributed by atoms with Gasteiger partial charge in [0.15, 0.2) is 0 Å². The van der Waals surface area contributed by atoms with Gasteiger partial charge in [0.1, 0.15) is 0 Å². The SMILES string of the molecule is O.O.O.[PbH2].[PbH2].[PbH2]. The third-order valence-corrected chi connectivity index (χ3v) is 0. The fourth-order valence-corrected chi connectivity index (χ4v) is 0. The second kappa shape index (κ2) is 48.2. The Bertz CT molecular complexity index is 6.00. The quantitative estimate of drug-likeness (QED) is 0.229. The molecule has 6 heteroatoms. The van der Waals surface area contributed by atoms with Gasteiger partial charge in [0, 0.05) is 0 Å². The van der Waals surface area contributed by atoms with E-state index in [-0.39, 0.29) is 98.3 Å². The molecule has 0 amide bonds. The van der Waals surface area contributed by atoms with Crippen molar-refractivity contribution in [2.45, 2.75) is 0 Å². The van der Waals surface area contributed by atoms with Crippen molar-refractivity contribution in [3.63, 3.8) is 0 Å². The van der Waals surface area contributed by atoms with Crippen LogP contribution in [-0.2, 0) is 0 Å². The topological polar surface area (TPSA) is 94.5 Å². The minimum absolute atomic E-state index is 0. The summed E-state index contributed by atoms with van der Waals surface area (Å²) in [5.74, 6) is 0. The van der Waals surface area contributed by atoms with Crippen LogP contribution < -0.4 is 0 Å². The molecule has 6 heavy (non-hydrogen) atoms. The van der Waals surface area contributed by atoms with Gasteiger partial charge in [-0.1, -0.05) is 0 Å². The summed E-state index contributed by atoms with van der Waals surface area (Å²) in [5, 5.41) is 0. The maximum absolute atomic E-state index is 0. The van der Waals surface area contributed by atoms with Gasteiger partial charge in [0.05, 0.1) is 0 Å². The molecule has 0 saturated carbocycles. The molecule has 42 valence electrons. The number of rotatable bonds is 0. The van der Waals surface area contributed by atoms with E-state index >= 15 is 0 Å². The van der Waals surface area contributed by atoms with Gasteiger partial charge < -0.3 is 16.4 Å². The molecule has 0 aliphatic heterocycles. The average Bonchev–Trinajstić information content (AvgIpc) is 0. The summed E-state index contributed by atoms with van der Waals surface area (Å²) in [6, 6.07) is 0. The van der Waals surface area contributed by atoms with Crippen LogP contribution in [0.4, 0.5) is 0 Å². The van der Waals surface area contributed by atoms with Gasteiger partial charge in [-0.05, 0) is 0 Å². The van der Waals surface area contributed by atoms with Crippen LogP contribution in [0.5, 0.6) is 0 Å². The van der Waals surface area contributed by atoms with Gasteiger partial charge in [0.2, 0.25) is 0 Å². The first-order valence-corrected chi connectivity index (χ1v) is 0. The fourth-order valence-electron chi connectivity index (χ4n) is 0. The van der Waals surface area contributed by atoms with Gasteiger partial charge in [-0.25, -0.2) is 0 Å². The third kappa shape index (κ3) is 30.3. The molecule has 0 aliphatic rings. The first-order chi connectivity index (χ1) is 0. The van der Waals surface area contributed by atoms with E-state index in [9.17, 15) is 0 Å². The molecule has 0 atom stereocenters. The van der Waals surface area contributed by atoms with E-state index in [2.05, 4.69) is 0 Å². The molecule has 0 aromatic heterocycles. The van der Waals surface area contributed by atoms with Crippen molar-refractivity contribution in [1.82, 2.24) is 0 Å². The zero-order chi connectivity index (χ0) is 0. The third-order valence-electron chi connectivity index (χ3n) is 0. The summed E-state index contributed by atoms with van der Waals surface area (Å²) in [7, 11) is 0. The normalized spacial score (nSPS) is 0. The molecule has 0 bridgehead atoms. The molecular formula is H12O3Pb3. The average molecular weight is 682 g/mol. The Morgan fingerprint density at radius 2 is 0.333 bits per heavy atom. The van der Waals surface area contributed by atoms with E-state index < -0.39 is 0 Å². The Kier molecular flexibility index (Phi) is 580. The van der Waals surface area contributed by atoms with Gasteiger partial charge in [-0.2, -0.15) is 0 Å². The molecule has 0 fully saturated rings. The molecule has 3 nitrogen and oxygen atoms in total. The van der Waals surface area contributed by atoms with Crippen molar-refractivity contribution >= 4 is 81.9 Å². The van der Waals surface area contributed by atoms with Crippen LogP contribution in [0.2, 0.25) is 0 Å². The van der Waals surface area contributed by atoms with E-state index in [1.54, 1.807) is 0 Å². The van der Waals surface area contributed by atoms with Crippen molar-refractivity contribution in [2.24, 2.45) is 0 Å². The zero-order valence-corrected chi connectivity index (χ0v) is 20.1. The number of hydrogen-bond acceptors (Lipinski definition) is 0. The summed E-state index contributed by atoms with van der Waals surface area (Å²) in [4.78, 5) is 0.